The molecule has 0 heterocycles. The third-order valence-corrected chi connectivity index (χ3v) is 9.36. The van der Waals surface area contributed by atoms with Crippen molar-refractivity contribution in [2.45, 2.75) is 43.4 Å². The van der Waals surface area contributed by atoms with Gasteiger partial charge >= 0.3 is 6.18 Å². The number of nitrogens with zero attached hydrogens (tertiary/aromatic N) is 2. The van der Waals surface area contributed by atoms with Crippen LogP contribution in [0.4, 0.5) is 23.2 Å². The Kier molecular flexibility index (Phi) is 11.6. The zero-order valence-electron chi connectivity index (χ0n) is 25.3. The van der Waals surface area contributed by atoms with Gasteiger partial charge in [0.05, 0.1) is 21.2 Å². The van der Waals surface area contributed by atoms with Gasteiger partial charge in [-0.2, -0.15) is 13.2 Å². The Hall–Kier alpha value is -4.42. The Morgan fingerprint density at radius 1 is 0.894 bits per heavy atom. The number of amides is 2. The summed E-state index contributed by atoms with van der Waals surface area (Å²) in [6, 6.07) is 22.0. The molecule has 1 N–H and O–H groups in total. The molecule has 0 bridgehead atoms. The summed E-state index contributed by atoms with van der Waals surface area (Å²) in [6.07, 6.45) is -4.31. The van der Waals surface area contributed by atoms with E-state index in [1.54, 1.807) is 42.5 Å². The fourth-order valence-corrected chi connectivity index (χ4v) is 6.56. The lowest BCUT2D eigenvalue weighted by Gasteiger charge is -2.34. The zero-order chi connectivity index (χ0) is 34.2. The van der Waals surface area contributed by atoms with Crippen molar-refractivity contribution in [1.82, 2.24) is 10.2 Å². The van der Waals surface area contributed by atoms with Crippen LogP contribution in [0.1, 0.15) is 30.0 Å². The number of alkyl halides is 3. The molecule has 0 aromatic heterocycles. The van der Waals surface area contributed by atoms with Crippen molar-refractivity contribution in [3.63, 3.8) is 0 Å². The van der Waals surface area contributed by atoms with Gasteiger partial charge in [-0.25, -0.2) is 12.8 Å². The first-order chi connectivity index (χ1) is 22.3. The van der Waals surface area contributed by atoms with Gasteiger partial charge in [0.2, 0.25) is 11.8 Å². The van der Waals surface area contributed by atoms with Gasteiger partial charge in [0, 0.05) is 25.1 Å². The Balaban J connectivity index is 1.87. The van der Waals surface area contributed by atoms with Crippen molar-refractivity contribution in [3.8, 4) is 0 Å². The molecule has 4 aromatic rings. The van der Waals surface area contributed by atoms with Gasteiger partial charge in [0.1, 0.15) is 18.4 Å². The van der Waals surface area contributed by atoms with Crippen molar-refractivity contribution >= 4 is 39.1 Å². The van der Waals surface area contributed by atoms with Crippen LogP contribution in [0.5, 0.6) is 0 Å². The molecular weight excluding hydrogens is 658 g/mol. The largest absolute Gasteiger partial charge is 0.416 e. The molecule has 4 rings (SSSR count). The maximum atomic E-state index is 15.0. The predicted octanol–water partition coefficient (Wildman–Crippen LogP) is 6.86. The summed E-state index contributed by atoms with van der Waals surface area (Å²) in [7, 11) is -4.71. The molecule has 248 valence electrons. The third-order valence-electron chi connectivity index (χ3n) is 7.27. The quantitative estimate of drug-likeness (QED) is 0.156. The maximum absolute atomic E-state index is 15.0. The number of hydrogen-bond donors (Lipinski definition) is 1. The molecule has 0 radical (unpaired) electrons. The molecule has 0 aliphatic rings. The van der Waals surface area contributed by atoms with Crippen LogP contribution >= 0.6 is 11.6 Å². The molecule has 47 heavy (non-hydrogen) atoms. The Morgan fingerprint density at radius 2 is 1.51 bits per heavy atom. The van der Waals surface area contributed by atoms with Gasteiger partial charge in [0.15, 0.2) is 0 Å². The summed E-state index contributed by atoms with van der Waals surface area (Å²) in [5, 5.41) is 2.39. The molecule has 0 saturated heterocycles. The average Bonchev–Trinajstić information content (AvgIpc) is 3.05. The molecule has 1 atom stereocenters. The van der Waals surface area contributed by atoms with Gasteiger partial charge in [-0.3, -0.25) is 13.9 Å². The van der Waals surface area contributed by atoms with Crippen LogP contribution in [0.2, 0.25) is 5.02 Å². The highest BCUT2D eigenvalue weighted by Gasteiger charge is 2.37. The SMILES string of the molecule is CCCNC(=O)[C@H](Cc1ccccc1)N(Cc1ccccc1F)C(=O)CN(c1cc(C(F)(F)F)ccc1Cl)S(=O)(=O)c1ccccc1. The molecule has 7 nitrogen and oxygen atoms in total. The van der Waals surface area contributed by atoms with Gasteiger partial charge in [-0.1, -0.05) is 85.3 Å². The summed E-state index contributed by atoms with van der Waals surface area (Å²) in [6.45, 7) is 0.594. The third kappa shape index (κ3) is 8.89. The number of anilines is 1. The van der Waals surface area contributed by atoms with Crippen LogP contribution in [-0.2, 0) is 38.8 Å². The summed E-state index contributed by atoms with van der Waals surface area (Å²) in [5.74, 6) is -2.23. The number of carbonyl (C=O) groups excluding carboxylic acids is 2. The molecule has 0 unspecified atom stereocenters. The highest BCUT2D eigenvalue weighted by molar-refractivity contribution is 7.92. The van der Waals surface area contributed by atoms with Gasteiger partial charge in [-0.05, 0) is 48.4 Å². The van der Waals surface area contributed by atoms with Crippen molar-refractivity contribution in [1.29, 1.82) is 0 Å². The minimum atomic E-state index is -4.86. The maximum Gasteiger partial charge on any atom is 0.416 e. The second-order valence-corrected chi connectivity index (χ2v) is 12.9. The zero-order valence-corrected chi connectivity index (χ0v) is 26.8. The summed E-state index contributed by atoms with van der Waals surface area (Å²) >= 11 is 6.31. The fraction of sp³-hybridized carbons (Fsp3) is 0.235. The second-order valence-electron chi connectivity index (χ2n) is 10.6. The van der Waals surface area contributed by atoms with E-state index < -0.39 is 64.2 Å². The second kappa shape index (κ2) is 15.4. The van der Waals surface area contributed by atoms with E-state index in [1.165, 1.54) is 42.5 Å². The van der Waals surface area contributed by atoms with Crippen molar-refractivity contribution in [3.05, 3.63) is 131 Å². The highest BCUT2D eigenvalue weighted by atomic mass is 35.5. The molecule has 2 amide bonds. The summed E-state index contributed by atoms with van der Waals surface area (Å²) < 4.78 is 84.9. The number of benzene rings is 4. The lowest BCUT2D eigenvalue weighted by atomic mass is 10.0. The molecule has 4 aromatic carbocycles. The van der Waals surface area contributed by atoms with Crippen LogP contribution in [0.15, 0.2) is 108 Å². The fourth-order valence-electron chi connectivity index (χ4n) is 4.84. The number of carbonyl (C=O) groups is 2. The van der Waals surface area contributed by atoms with E-state index in [0.29, 0.717) is 28.4 Å². The molecule has 0 fully saturated rings. The van der Waals surface area contributed by atoms with Gasteiger partial charge in [0.25, 0.3) is 10.0 Å². The number of nitrogens with one attached hydrogen (secondary N) is 1. The summed E-state index contributed by atoms with van der Waals surface area (Å²) in [5.41, 5.74) is -1.09. The molecule has 0 aliphatic heterocycles. The van der Waals surface area contributed by atoms with Crippen LogP contribution in [0.3, 0.4) is 0 Å². The predicted molar refractivity (Wildman–Crippen MR) is 172 cm³/mol. The number of hydrogen-bond acceptors (Lipinski definition) is 4. The smallest absolute Gasteiger partial charge is 0.354 e. The van der Waals surface area contributed by atoms with Crippen LogP contribution in [-0.4, -0.2) is 44.3 Å². The Labute approximate surface area is 275 Å². The van der Waals surface area contributed by atoms with E-state index in [-0.39, 0.29) is 28.4 Å². The van der Waals surface area contributed by atoms with Crippen LogP contribution in [0.25, 0.3) is 0 Å². The average molecular weight is 690 g/mol. The lowest BCUT2D eigenvalue weighted by molar-refractivity contribution is -0.140. The van der Waals surface area contributed by atoms with Crippen LogP contribution < -0.4 is 9.62 Å². The normalized spacial score (nSPS) is 12.3. The molecule has 0 saturated carbocycles. The monoisotopic (exact) mass is 689 g/mol. The van der Waals surface area contributed by atoms with Crippen molar-refractivity contribution < 1.29 is 35.6 Å². The van der Waals surface area contributed by atoms with Crippen molar-refractivity contribution in [2.24, 2.45) is 0 Å². The van der Waals surface area contributed by atoms with E-state index in [0.717, 1.165) is 11.0 Å². The lowest BCUT2D eigenvalue weighted by Crippen LogP contribution is -2.53. The number of rotatable bonds is 13. The topological polar surface area (TPSA) is 86.8 Å². The molecule has 13 heteroatoms. The minimum Gasteiger partial charge on any atom is -0.354 e. The number of sulfonamides is 1. The van der Waals surface area contributed by atoms with E-state index in [2.05, 4.69) is 5.32 Å². The molecule has 0 spiro atoms. The Bertz CT molecular complexity index is 1790. The molecular formula is C34H32ClF4N3O4S. The Morgan fingerprint density at radius 3 is 2.13 bits per heavy atom. The van der Waals surface area contributed by atoms with Crippen molar-refractivity contribution in [2.75, 3.05) is 17.4 Å². The summed E-state index contributed by atoms with van der Waals surface area (Å²) in [4.78, 5) is 28.7. The number of halogens is 5. The minimum absolute atomic E-state index is 0.0215. The van der Waals surface area contributed by atoms with E-state index >= 15 is 0 Å². The van der Waals surface area contributed by atoms with Gasteiger partial charge in [-0.15, -0.1) is 0 Å². The van der Waals surface area contributed by atoms with E-state index in [4.69, 9.17) is 11.6 Å². The standard InChI is InChI=1S/C34H32ClF4N3O4S/c1-2-19-40-33(44)31(20-24-11-5-3-6-12-24)41(22-25-13-9-10-16-29(25)36)32(43)23-42(47(45,46)27-14-7-4-8-15-27)30-21-26(34(37,38)39)17-18-28(30)35/h3-18,21,31H,2,19-20,22-23H2,1H3,(H,40,44)/t31-/m0/s1. The highest BCUT2D eigenvalue weighted by Crippen LogP contribution is 2.37. The first kappa shape index (κ1) is 35.4. The van der Waals surface area contributed by atoms with Gasteiger partial charge < -0.3 is 10.2 Å². The van der Waals surface area contributed by atoms with Crippen LogP contribution in [0, 0.1) is 5.82 Å². The van der Waals surface area contributed by atoms with E-state index in [9.17, 15) is 35.6 Å². The molecule has 0 aliphatic carbocycles. The first-order valence-corrected chi connectivity index (χ1v) is 16.4. The first-order valence-electron chi connectivity index (χ1n) is 14.6. The van der Waals surface area contributed by atoms with E-state index in [1.807, 2.05) is 6.92 Å².